The zero-order valence-electron chi connectivity index (χ0n) is 7.46. The highest BCUT2D eigenvalue weighted by Gasteiger charge is 2.16. The van der Waals surface area contributed by atoms with Crippen molar-refractivity contribution in [2.45, 2.75) is 25.3 Å². The molecule has 0 amide bonds. The minimum Gasteiger partial charge on any atom is -0.324 e. The summed E-state index contributed by atoms with van der Waals surface area (Å²) >= 11 is 0. The van der Waals surface area contributed by atoms with Crippen molar-refractivity contribution in [3.05, 3.63) is 34.9 Å². The van der Waals surface area contributed by atoms with Crippen LogP contribution in [0.2, 0.25) is 0 Å². The summed E-state index contributed by atoms with van der Waals surface area (Å²) in [6.45, 7) is 0. The van der Waals surface area contributed by atoms with E-state index in [-0.39, 0.29) is 6.04 Å². The maximum atomic E-state index is 8.73. The molecule has 0 fully saturated rings. The van der Waals surface area contributed by atoms with Gasteiger partial charge in [-0.15, -0.1) is 0 Å². The van der Waals surface area contributed by atoms with E-state index in [0.29, 0.717) is 0 Å². The summed E-state index contributed by atoms with van der Waals surface area (Å²) in [5, 5.41) is 8.73. The number of nitrogens with two attached hydrogens (primary N) is 1. The Morgan fingerprint density at radius 3 is 3.08 bits per heavy atom. The highest BCUT2D eigenvalue weighted by atomic mass is 14.6. The molecule has 66 valence electrons. The standard InChI is InChI=1S/C11H12N2/c12-7-8-4-5-9-2-1-3-11(13)10(9)6-8/h4-6,11H,1-3,13H2/t11-/m1/s1. The van der Waals surface area contributed by atoms with Gasteiger partial charge in [0.2, 0.25) is 0 Å². The number of benzene rings is 1. The second kappa shape index (κ2) is 3.20. The van der Waals surface area contributed by atoms with Gasteiger partial charge in [0.25, 0.3) is 0 Å². The van der Waals surface area contributed by atoms with Crippen molar-refractivity contribution in [1.29, 1.82) is 5.26 Å². The van der Waals surface area contributed by atoms with E-state index in [0.717, 1.165) is 18.4 Å². The van der Waals surface area contributed by atoms with Gasteiger partial charge in [0.1, 0.15) is 0 Å². The lowest BCUT2D eigenvalue weighted by atomic mass is 9.87. The van der Waals surface area contributed by atoms with E-state index in [9.17, 15) is 0 Å². The average Bonchev–Trinajstić information content (AvgIpc) is 2.18. The van der Waals surface area contributed by atoms with E-state index >= 15 is 0 Å². The third kappa shape index (κ3) is 1.43. The molecule has 0 unspecified atom stereocenters. The van der Waals surface area contributed by atoms with E-state index < -0.39 is 0 Å². The Hall–Kier alpha value is -1.33. The van der Waals surface area contributed by atoms with Crippen molar-refractivity contribution in [3.8, 4) is 6.07 Å². The van der Waals surface area contributed by atoms with E-state index in [4.69, 9.17) is 11.0 Å². The summed E-state index contributed by atoms with van der Waals surface area (Å²) in [6.07, 6.45) is 3.32. The van der Waals surface area contributed by atoms with Crippen LogP contribution in [0.1, 0.15) is 35.6 Å². The Balaban J connectivity index is 2.48. The molecule has 0 saturated carbocycles. The Morgan fingerprint density at radius 1 is 1.46 bits per heavy atom. The molecule has 1 aromatic rings. The van der Waals surface area contributed by atoms with Crippen LogP contribution in [0, 0.1) is 11.3 Å². The number of nitriles is 1. The zero-order chi connectivity index (χ0) is 9.26. The number of nitrogens with zero attached hydrogens (tertiary/aromatic N) is 1. The van der Waals surface area contributed by atoms with Gasteiger partial charge in [0.05, 0.1) is 11.6 Å². The fourth-order valence-corrected chi connectivity index (χ4v) is 1.91. The predicted molar refractivity (Wildman–Crippen MR) is 51.0 cm³/mol. The van der Waals surface area contributed by atoms with Crippen molar-refractivity contribution in [1.82, 2.24) is 0 Å². The number of hydrogen-bond acceptors (Lipinski definition) is 2. The summed E-state index contributed by atoms with van der Waals surface area (Å²) in [6, 6.07) is 8.11. The van der Waals surface area contributed by atoms with Crippen LogP contribution in [-0.2, 0) is 6.42 Å². The van der Waals surface area contributed by atoms with Crippen molar-refractivity contribution >= 4 is 0 Å². The van der Waals surface area contributed by atoms with Gasteiger partial charge in [-0.1, -0.05) is 6.07 Å². The maximum absolute atomic E-state index is 8.73. The topological polar surface area (TPSA) is 49.8 Å². The number of aryl methyl sites for hydroxylation is 1. The van der Waals surface area contributed by atoms with Gasteiger partial charge in [0.15, 0.2) is 0 Å². The van der Waals surface area contributed by atoms with Crippen LogP contribution in [0.3, 0.4) is 0 Å². The molecule has 1 aliphatic rings. The largest absolute Gasteiger partial charge is 0.324 e. The molecular weight excluding hydrogens is 160 g/mol. The first kappa shape index (κ1) is 8.28. The first-order valence-corrected chi connectivity index (χ1v) is 4.60. The van der Waals surface area contributed by atoms with E-state index in [2.05, 4.69) is 6.07 Å². The lowest BCUT2D eigenvalue weighted by Crippen LogP contribution is -2.17. The van der Waals surface area contributed by atoms with Crippen LogP contribution < -0.4 is 5.73 Å². The van der Waals surface area contributed by atoms with Crippen LogP contribution in [0.5, 0.6) is 0 Å². The lowest BCUT2D eigenvalue weighted by molar-refractivity contribution is 0.570. The summed E-state index contributed by atoms with van der Waals surface area (Å²) in [4.78, 5) is 0. The second-order valence-electron chi connectivity index (χ2n) is 3.52. The summed E-state index contributed by atoms with van der Waals surface area (Å²) in [5.74, 6) is 0. The molecule has 1 aliphatic carbocycles. The van der Waals surface area contributed by atoms with E-state index in [1.165, 1.54) is 17.5 Å². The molecule has 13 heavy (non-hydrogen) atoms. The van der Waals surface area contributed by atoms with Gasteiger partial charge in [-0.25, -0.2) is 0 Å². The molecule has 0 radical (unpaired) electrons. The number of hydrogen-bond donors (Lipinski definition) is 1. The number of fused-ring (bicyclic) bond motifs is 1. The Kier molecular flexibility index (Phi) is 2.03. The molecular formula is C11H12N2. The monoisotopic (exact) mass is 172 g/mol. The van der Waals surface area contributed by atoms with Crippen molar-refractivity contribution in [2.24, 2.45) is 5.73 Å². The van der Waals surface area contributed by atoms with Crippen molar-refractivity contribution < 1.29 is 0 Å². The maximum Gasteiger partial charge on any atom is 0.0991 e. The molecule has 0 spiro atoms. The molecule has 0 aromatic heterocycles. The summed E-state index contributed by atoms with van der Waals surface area (Å²) in [7, 11) is 0. The quantitative estimate of drug-likeness (QED) is 0.649. The first-order chi connectivity index (χ1) is 6.31. The van der Waals surface area contributed by atoms with Gasteiger partial charge in [0, 0.05) is 6.04 Å². The Bertz CT molecular complexity index is 363. The minimum atomic E-state index is 0.136. The minimum absolute atomic E-state index is 0.136. The van der Waals surface area contributed by atoms with Gasteiger partial charge in [-0.2, -0.15) is 5.26 Å². The van der Waals surface area contributed by atoms with Crippen LogP contribution in [0.4, 0.5) is 0 Å². The second-order valence-corrected chi connectivity index (χ2v) is 3.52. The van der Waals surface area contributed by atoms with Crippen LogP contribution in [0.15, 0.2) is 18.2 Å². The van der Waals surface area contributed by atoms with Crippen molar-refractivity contribution in [2.75, 3.05) is 0 Å². The van der Waals surface area contributed by atoms with Gasteiger partial charge in [-0.3, -0.25) is 0 Å². The van der Waals surface area contributed by atoms with Gasteiger partial charge in [-0.05, 0) is 42.5 Å². The third-order valence-electron chi connectivity index (χ3n) is 2.64. The normalized spacial score (nSPS) is 20.5. The van der Waals surface area contributed by atoms with E-state index in [1.54, 1.807) is 0 Å². The molecule has 0 aliphatic heterocycles. The van der Waals surface area contributed by atoms with Crippen LogP contribution in [-0.4, -0.2) is 0 Å². The van der Waals surface area contributed by atoms with Crippen LogP contribution >= 0.6 is 0 Å². The summed E-state index contributed by atoms with van der Waals surface area (Å²) < 4.78 is 0. The molecule has 2 nitrogen and oxygen atoms in total. The van der Waals surface area contributed by atoms with Gasteiger partial charge < -0.3 is 5.73 Å². The third-order valence-corrected chi connectivity index (χ3v) is 2.64. The highest BCUT2D eigenvalue weighted by molar-refractivity contribution is 5.40. The summed E-state index contributed by atoms with van der Waals surface area (Å²) in [5.41, 5.74) is 9.17. The molecule has 2 heteroatoms. The molecule has 2 rings (SSSR count). The smallest absolute Gasteiger partial charge is 0.0991 e. The van der Waals surface area contributed by atoms with Gasteiger partial charge >= 0.3 is 0 Å². The lowest BCUT2D eigenvalue weighted by Gasteiger charge is -2.21. The molecule has 1 aromatic carbocycles. The fourth-order valence-electron chi connectivity index (χ4n) is 1.91. The Morgan fingerprint density at radius 2 is 2.31 bits per heavy atom. The predicted octanol–water partition coefficient (Wildman–Crippen LogP) is 1.89. The first-order valence-electron chi connectivity index (χ1n) is 4.60. The number of rotatable bonds is 0. The Labute approximate surface area is 78.0 Å². The zero-order valence-corrected chi connectivity index (χ0v) is 7.46. The highest BCUT2D eigenvalue weighted by Crippen LogP contribution is 2.28. The fraction of sp³-hybridized carbons (Fsp3) is 0.364. The molecule has 0 saturated heterocycles. The molecule has 0 bridgehead atoms. The van der Waals surface area contributed by atoms with E-state index in [1.807, 2.05) is 18.2 Å². The molecule has 0 heterocycles. The average molecular weight is 172 g/mol. The van der Waals surface area contributed by atoms with Crippen LogP contribution in [0.25, 0.3) is 0 Å². The SMILES string of the molecule is N#Cc1ccc2c(c1)[C@H](N)CCC2. The molecule has 1 atom stereocenters. The molecule has 2 N–H and O–H groups in total. The van der Waals surface area contributed by atoms with Crippen molar-refractivity contribution in [3.63, 3.8) is 0 Å².